The highest BCUT2D eigenvalue weighted by Gasteiger charge is 2.34. The van der Waals surface area contributed by atoms with E-state index in [-0.39, 0.29) is 18.1 Å². The molecule has 34 heavy (non-hydrogen) atoms. The van der Waals surface area contributed by atoms with E-state index < -0.39 is 10.0 Å². The van der Waals surface area contributed by atoms with Crippen molar-refractivity contribution >= 4 is 26.9 Å². The van der Waals surface area contributed by atoms with Gasteiger partial charge in [-0.25, -0.2) is 23.1 Å². The van der Waals surface area contributed by atoms with Gasteiger partial charge in [0.25, 0.3) is 0 Å². The third-order valence-corrected chi connectivity index (χ3v) is 7.85. The van der Waals surface area contributed by atoms with Crippen LogP contribution in [0.1, 0.15) is 43.6 Å². The topological polar surface area (TPSA) is 97.6 Å². The average molecular weight is 485 g/mol. The fourth-order valence-corrected chi connectivity index (χ4v) is 6.24. The maximum atomic E-state index is 12.0. The number of nitrogens with one attached hydrogen (secondary N) is 1. The highest BCUT2D eigenvalue weighted by atomic mass is 32.2. The Morgan fingerprint density at radius 1 is 1.09 bits per heavy atom. The zero-order chi connectivity index (χ0) is 23.5. The Morgan fingerprint density at radius 2 is 1.88 bits per heavy atom. The summed E-state index contributed by atoms with van der Waals surface area (Å²) in [5.41, 5.74) is 2.84. The number of hydrogen-bond acceptors (Lipinski definition) is 7. The number of ether oxygens (including phenoxy) is 1. The average Bonchev–Trinajstić information content (AvgIpc) is 3.33. The molecule has 1 aromatic carbocycles. The number of fused-ring (bicyclic) bond motifs is 1. The van der Waals surface area contributed by atoms with Crippen LogP contribution >= 0.6 is 0 Å². The van der Waals surface area contributed by atoms with Crippen molar-refractivity contribution in [2.75, 3.05) is 30.9 Å². The van der Waals surface area contributed by atoms with Crippen molar-refractivity contribution < 1.29 is 17.6 Å². The van der Waals surface area contributed by atoms with Crippen molar-refractivity contribution in [2.24, 2.45) is 5.92 Å². The summed E-state index contributed by atoms with van der Waals surface area (Å²) in [5, 5.41) is 0. The van der Waals surface area contributed by atoms with Gasteiger partial charge in [0.2, 0.25) is 10.0 Å². The smallest absolute Gasteiger partial charge is 0.208 e. The van der Waals surface area contributed by atoms with Crippen LogP contribution in [-0.4, -0.2) is 56.5 Å². The van der Waals surface area contributed by atoms with Gasteiger partial charge in [0.15, 0.2) is 23.3 Å². The van der Waals surface area contributed by atoms with Crippen molar-refractivity contribution in [3.8, 4) is 0 Å². The van der Waals surface area contributed by atoms with Crippen LogP contribution < -0.4 is 9.62 Å². The molecule has 0 unspecified atom stereocenters. The molecule has 0 bridgehead atoms. The van der Waals surface area contributed by atoms with E-state index in [1.165, 1.54) is 18.2 Å². The van der Waals surface area contributed by atoms with Gasteiger partial charge in [0.05, 0.1) is 19.0 Å². The Balaban J connectivity index is 1.24. The van der Waals surface area contributed by atoms with Crippen molar-refractivity contribution in [1.29, 1.82) is 0 Å². The molecule has 3 aromatic rings. The molecule has 182 valence electrons. The Labute approximate surface area is 200 Å². The molecule has 1 saturated heterocycles. The normalized spacial score (nSPS) is 26.1. The van der Waals surface area contributed by atoms with Gasteiger partial charge in [0.1, 0.15) is 0 Å². The summed E-state index contributed by atoms with van der Waals surface area (Å²) in [6.07, 6.45) is 9.56. The molecule has 0 amide bonds. The molecule has 1 aliphatic heterocycles. The fraction of sp³-hybridized carbons (Fsp3) is 0.520. The lowest BCUT2D eigenvalue weighted by molar-refractivity contribution is -0.00212. The summed E-state index contributed by atoms with van der Waals surface area (Å²) in [5.74, 6) is 1.39. The second kappa shape index (κ2) is 10.0. The van der Waals surface area contributed by atoms with E-state index in [0.29, 0.717) is 37.6 Å². The number of pyridine rings is 1. The van der Waals surface area contributed by atoms with Crippen LogP contribution in [0.2, 0.25) is 0 Å². The first-order valence-electron chi connectivity index (χ1n) is 12.0. The molecule has 1 N–H and O–H groups in total. The van der Waals surface area contributed by atoms with Gasteiger partial charge in [-0.2, -0.15) is 0 Å². The molecule has 2 atom stereocenters. The van der Waals surface area contributed by atoms with E-state index in [9.17, 15) is 8.42 Å². The quantitative estimate of drug-likeness (QED) is 0.546. The minimum Gasteiger partial charge on any atom is -0.443 e. The van der Waals surface area contributed by atoms with Crippen LogP contribution in [0.4, 0.5) is 5.82 Å². The maximum Gasteiger partial charge on any atom is 0.208 e. The molecular formula is C25H32N4O4S. The molecule has 8 nitrogen and oxygen atoms in total. The number of rotatable bonds is 7. The summed E-state index contributed by atoms with van der Waals surface area (Å²) in [7, 11) is -3.31. The van der Waals surface area contributed by atoms with Crippen molar-refractivity contribution in [1.82, 2.24) is 14.7 Å². The first-order valence-corrected chi connectivity index (χ1v) is 13.9. The van der Waals surface area contributed by atoms with E-state index in [1.54, 1.807) is 12.3 Å². The number of aromatic nitrogens is 2. The fourth-order valence-electron chi connectivity index (χ4n) is 5.38. The Kier molecular flexibility index (Phi) is 6.85. The van der Waals surface area contributed by atoms with Crippen LogP contribution in [0.25, 0.3) is 11.1 Å². The molecule has 0 spiro atoms. The van der Waals surface area contributed by atoms with Crippen molar-refractivity contribution in [3.63, 3.8) is 0 Å². The summed E-state index contributed by atoms with van der Waals surface area (Å²) in [6, 6.07) is 12.3. The van der Waals surface area contributed by atoms with Gasteiger partial charge in [-0.05, 0) is 43.6 Å². The summed E-state index contributed by atoms with van der Waals surface area (Å²) >= 11 is 0. The summed E-state index contributed by atoms with van der Waals surface area (Å²) in [6.45, 7) is 1.84. The van der Waals surface area contributed by atoms with Crippen LogP contribution in [0.3, 0.4) is 0 Å². The maximum absolute atomic E-state index is 12.0. The van der Waals surface area contributed by atoms with E-state index in [1.807, 2.05) is 0 Å². The van der Waals surface area contributed by atoms with Gasteiger partial charge in [0, 0.05) is 37.3 Å². The highest BCUT2D eigenvalue weighted by Crippen LogP contribution is 2.35. The Hall–Kier alpha value is -2.49. The van der Waals surface area contributed by atoms with Crippen LogP contribution in [0, 0.1) is 5.92 Å². The lowest BCUT2D eigenvalue weighted by Crippen LogP contribution is -2.52. The number of nitrogens with zero attached hydrogens (tertiary/aromatic N) is 3. The molecule has 0 radical (unpaired) electrons. The minimum absolute atomic E-state index is 0.0132. The van der Waals surface area contributed by atoms with E-state index in [4.69, 9.17) is 9.15 Å². The highest BCUT2D eigenvalue weighted by molar-refractivity contribution is 7.88. The van der Waals surface area contributed by atoms with Crippen LogP contribution in [0.5, 0.6) is 0 Å². The second-order valence-electron chi connectivity index (χ2n) is 9.54. The monoisotopic (exact) mass is 484 g/mol. The number of sulfonamides is 1. The van der Waals surface area contributed by atoms with Gasteiger partial charge in [-0.1, -0.05) is 30.3 Å². The second-order valence-corrected chi connectivity index (χ2v) is 11.3. The molecule has 3 heterocycles. The predicted molar refractivity (Wildman–Crippen MR) is 131 cm³/mol. The number of anilines is 1. The van der Waals surface area contributed by atoms with E-state index in [2.05, 4.69) is 49.9 Å². The number of oxazole rings is 1. The standard InChI is InChI=1S/C25H32N4O4S/c1-34(30,31)28-22-12-14-29(25-24-23(11-13-26-25)33-17-27-24)15-20(22)16-32-21-9-7-19(8-10-21)18-5-3-2-4-6-18/h2-6,11,13,17,19-22,28H,7-10,12,14-16H2,1H3/t19?,20-,21?,22-/m0/s1. The van der Waals surface area contributed by atoms with Gasteiger partial charge < -0.3 is 14.1 Å². The zero-order valence-electron chi connectivity index (χ0n) is 19.5. The first-order chi connectivity index (χ1) is 16.5. The molecule has 2 aliphatic rings. The first kappa shape index (κ1) is 23.3. The van der Waals surface area contributed by atoms with Crippen molar-refractivity contribution in [3.05, 3.63) is 54.6 Å². The third-order valence-electron chi connectivity index (χ3n) is 7.12. The molecular weight excluding hydrogens is 452 g/mol. The molecule has 2 fully saturated rings. The zero-order valence-corrected chi connectivity index (χ0v) is 20.3. The third kappa shape index (κ3) is 5.42. The largest absolute Gasteiger partial charge is 0.443 e. The molecule has 2 aromatic heterocycles. The lowest BCUT2D eigenvalue weighted by atomic mass is 9.82. The predicted octanol–water partition coefficient (Wildman–Crippen LogP) is 3.71. The van der Waals surface area contributed by atoms with E-state index >= 15 is 0 Å². The van der Waals surface area contributed by atoms with Crippen LogP contribution in [0.15, 0.2) is 53.4 Å². The summed E-state index contributed by atoms with van der Waals surface area (Å²) < 4.78 is 38.7. The van der Waals surface area contributed by atoms with Crippen molar-refractivity contribution in [2.45, 2.75) is 50.2 Å². The van der Waals surface area contributed by atoms with E-state index in [0.717, 1.165) is 37.0 Å². The molecule has 1 aliphatic carbocycles. The number of hydrogen-bond donors (Lipinski definition) is 1. The number of piperidine rings is 1. The number of benzene rings is 1. The summed E-state index contributed by atoms with van der Waals surface area (Å²) in [4.78, 5) is 11.1. The molecule has 9 heteroatoms. The molecule has 1 saturated carbocycles. The lowest BCUT2D eigenvalue weighted by Gasteiger charge is -2.40. The Bertz CT molecular complexity index is 1190. The SMILES string of the molecule is CS(=O)(=O)N[C@H]1CCN(c2nccc3ocnc23)C[C@H]1COC1CCC(c2ccccc2)CC1. The van der Waals surface area contributed by atoms with Crippen LogP contribution in [-0.2, 0) is 14.8 Å². The van der Waals surface area contributed by atoms with Gasteiger partial charge in [-0.15, -0.1) is 0 Å². The minimum atomic E-state index is -3.31. The Morgan fingerprint density at radius 3 is 2.65 bits per heavy atom. The van der Waals surface area contributed by atoms with Gasteiger partial charge >= 0.3 is 0 Å². The molecule has 5 rings (SSSR count). The van der Waals surface area contributed by atoms with Gasteiger partial charge in [-0.3, -0.25) is 0 Å².